The summed E-state index contributed by atoms with van der Waals surface area (Å²) in [6, 6.07) is 13.0. The quantitative estimate of drug-likeness (QED) is 0.0668. The summed E-state index contributed by atoms with van der Waals surface area (Å²) in [5.74, 6) is 0. The first-order chi connectivity index (χ1) is 19.8. The van der Waals surface area contributed by atoms with Crippen molar-refractivity contribution in [1.82, 2.24) is 0 Å². The van der Waals surface area contributed by atoms with Gasteiger partial charge < -0.3 is 0 Å². The van der Waals surface area contributed by atoms with Gasteiger partial charge >= 0.3 is 0 Å². The molecule has 0 unspecified atom stereocenters. The van der Waals surface area contributed by atoms with Gasteiger partial charge in [-0.25, -0.2) is 0 Å². The van der Waals surface area contributed by atoms with Crippen LogP contribution < -0.4 is 5.19 Å². The van der Waals surface area contributed by atoms with Gasteiger partial charge in [0, 0.05) is 0 Å². The molecule has 1 heteroatoms. The number of unbranched alkanes of at least 4 members (excludes halogenated alkanes) is 22. The van der Waals surface area contributed by atoms with E-state index in [9.17, 15) is 0 Å². The van der Waals surface area contributed by atoms with E-state index >= 15 is 0 Å². The smallest absolute Gasteiger partial charge is 0.0917 e. The Morgan fingerprint density at radius 3 is 1.18 bits per heavy atom. The van der Waals surface area contributed by atoms with Crippen LogP contribution in [-0.4, -0.2) is 8.07 Å². The number of benzene rings is 1. The van der Waals surface area contributed by atoms with Crippen molar-refractivity contribution in [3.8, 4) is 0 Å². The van der Waals surface area contributed by atoms with Crippen molar-refractivity contribution in [1.29, 1.82) is 0 Å². The van der Waals surface area contributed by atoms with Gasteiger partial charge in [-0.05, 0) is 31.7 Å². The molecular formula is C39H70Si. The average molecular weight is 567 g/mol. The molecule has 0 fully saturated rings. The van der Waals surface area contributed by atoms with Crippen molar-refractivity contribution in [3.63, 3.8) is 0 Å². The Kier molecular flexibility index (Phi) is 25.9. The van der Waals surface area contributed by atoms with Crippen molar-refractivity contribution < 1.29 is 0 Å². The van der Waals surface area contributed by atoms with Gasteiger partial charge in [0.2, 0.25) is 0 Å². The Bertz CT molecular complexity index is 658. The molecule has 0 bridgehead atoms. The van der Waals surface area contributed by atoms with Crippen molar-refractivity contribution in [2.75, 3.05) is 0 Å². The zero-order chi connectivity index (χ0) is 28.8. The van der Waals surface area contributed by atoms with E-state index < -0.39 is 8.07 Å². The fourth-order valence-corrected chi connectivity index (χ4v) is 10.0. The Morgan fingerprint density at radius 2 is 0.775 bits per heavy atom. The van der Waals surface area contributed by atoms with Crippen LogP contribution in [0.15, 0.2) is 53.9 Å². The summed E-state index contributed by atoms with van der Waals surface area (Å²) in [6.07, 6.45) is 40.1. The Balaban J connectivity index is 2.70. The zero-order valence-corrected chi connectivity index (χ0v) is 28.6. The monoisotopic (exact) mass is 567 g/mol. The second-order valence-corrected chi connectivity index (χ2v) is 16.4. The first-order valence-corrected chi connectivity index (χ1v) is 20.6. The summed E-state index contributed by atoms with van der Waals surface area (Å²) >= 11 is 0. The third-order valence-electron chi connectivity index (χ3n) is 8.78. The molecule has 0 aliphatic carbocycles. The molecule has 0 aromatic heterocycles. The van der Waals surface area contributed by atoms with Crippen LogP contribution in [0.2, 0.25) is 6.04 Å². The molecule has 230 valence electrons. The minimum Gasteiger partial charge on any atom is -0.0917 e. The van der Waals surface area contributed by atoms with Crippen LogP contribution in [0.5, 0.6) is 0 Å². The molecule has 0 heterocycles. The van der Waals surface area contributed by atoms with Crippen LogP contribution >= 0.6 is 0 Å². The first-order valence-electron chi connectivity index (χ1n) is 18.2. The number of rotatable bonds is 29. The summed E-state index contributed by atoms with van der Waals surface area (Å²) < 4.78 is 0. The van der Waals surface area contributed by atoms with E-state index in [2.05, 4.69) is 74.7 Å². The summed E-state index contributed by atoms with van der Waals surface area (Å²) in [5, 5.41) is 1.63. The predicted molar refractivity (Wildman–Crippen MR) is 187 cm³/mol. The average Bonchev–Trinajstić information content (AvgIpc) is 2.98. The lowest BCUT2D eigenvalue weighted by atomic mass is 10.1. The normalized spacial score (nSPS) is 12.3. The van der Waals surface area contributed by atoms with E-state index in [0.29, 0.717) is 0 Å². The molecule has 0 saturated carbocycles. The van der Waals surface area contributed by atoms with Crippen molar-refractivity contribution in [2.45, 2.75) is 187 Å². The lowest BCUT2D eigenvalue weighted by Crippen LogP contribution is -2.44. The maximum atomic E-state index is 2.74. The van der Waals surface area contributed by atoms with Crippen LogP contribution in [0.3, 0.4) is 0 Å². The van der Waals surface area contributed by atoms with Gasteiger partial charge in [0.05, 0.1) is 0 Å². The minimum atomic E-state index is -1.79. The number of hydrogen-bond acceptors (Lipinski definition) is 0. The van der Waals surface area contributed by atoms with Crippen molar-refractivity contribution >= 4 is 13.3 Å². The summed E-state index contributed by atoms with van der Waals surface area (Å²) in [4.78, 5) is 0. The van der Waals surface area contributed by atoms with Gasteiger partial charge in [0.1, 0.15) is 8.07 Å². The van der Waals surface area contributed by atoms with E-state index in [0.717, 1.165) is 0 Å². The molecule has 0 radical (unpaired) electrons. The molecule has 0 amide bonds. The maximum absolute atomic E-state index is 2.74. The van der Waals surface area contributed by atoms with Gasteiger partial charge in [-0.3, -0.25) is 0 Å². The topological polar surface area (TPSA) is 0 Å². The fourth-order valence-electron chi connectivity index (χ4n) is 6.06. The maximum Gasteiger partial charge on any atom is 0.133 e. The Morgan fingerprint density at radius 1 is 0.425 bits per heavy atom. The van der Waals surface area contributed by atoms with Crippen LogP contribution in [0.4, 0.5) is 0 Å². The van der Waals surface area contributed by atoms with Gasteiger partial charge in [0.15, 0.2) is 0 Å². The minimum absolute atomic E-state index is 1.26. The first kappa shape index (κ1) is 36.9. The Labute approximate surface area is 253 Å². The molecule has 0 nitrogen and oxygen atoms in total. The molecule has 0 atom stereocenters. The van der Waals surface area contributed by atoms with Gasteiger partial charge in [-0.15, -0.1) is 0 Å². The predicted octanol–water partition coefficient (Wildman–Crippen LogP) is 13.3. The van der Waals surface area contributed by atoms with Gasteiger partial charge in [0.25, 0.3) is 0 Å². The molecule has 1 rings (SSSR count). The lowest BCUT2D eigenvalue weighted by Gasteiger charge is -2.26. The van der Waals surface area contributed by atoms with Crippen LogP contribution in [0, 0.1) is 0 Å². The summed E-state index contributed by atoms with van der Waals surface area (Å²) in [5.41, 5.74) is 5.48. The SMILES string of the molecule is CCCCCCCCCC/C=C/[Si](/C=C/CCCCCCCCCC)(CCCCCCCCC)c1ccccc1. The van der Waals surface area contributed by atoms with Crippen LogP contribution in [0.1, 0.15) is 181 Å². The second kappa shape index (κ2) is 28.1. The highest BCUT2D eigenvalue weighted by atomic mass is 28.3. The van der Waals surface area contributed by atoms with E-state index in [1.54, 1.807) is 5.19 Å². The fraction of sp³-hybridized carbons (Fsp3) is 0.744. The standard InChI is InChI=1S/C39H70Si/c1-4-7-10-13-16-18-20-23-26-32-37-40(39-34-29-28-30-35-39,36-31-25-22-15-12-9-6-3)38-33-27-24-21-19-17-14-11-8-5-2/h28-30,32-35,37-38H,4-27,31,36H2,1-3H3/b37-32+,38-33+. The van der Waals surface area contributed by atoms with Gasteiger partial charge in [-0.2, -0.15) is 0 Å². The molecular weight excluding hydrogens is 497 g/mol. The van der Waals surface area contributed by atoms with Gasteiger partial charge in [-0.1, -0.05) is 215 Å². The van der Waals surface area contributed by atoms with E-state index in [4.69, 9.17) is 0 Å². The molecule has 0 saturated heterocycles. The summed E-state index contributed by atoms with van der Waals surface area (Å²) in [7, 11) is -1.79. The van der Waals surface area contributed by atoms with Crippen LogP contribution in [0.25, 0.3) is 0 Å². The molecule has 0 aliphatic heterocycles. The van der Waals surface area contributed by atoms with Crippen molar-refractivity contribution in [2.24, 2.45) is 0 Å². The van der Waals surface area contributed by atoms with E-state index in [-0.39, 0.29) is 0 Å². The molecule has 0 N–H and O–H groups in total. The molecule has 0 aliphatic rings. The molecule has 40 heavy (non-hydrogen) atoms. The highest BCUT2D eigenvalue weighted by Gasteiger charge is 2.28. The van der Waals surface area contributed by atoms with E-state index in [1.165, 1.54) is 167 Å². The molecule has 1 aromatic carbocycles. The van der Waals surface area contributed by atoms with E-state index in [1.807, 2.05) is 0 Å². The largest absolute Gasteiger partial charge is 0.133 e. The molecule has 1 aromatic rings. The Hall–Kier alpha value is -1.08. The summed E-state index contributed by atoms with van der Waals surface area (Å²) in [6.45, 7) is 6.94. The highest BCUT2D eigenvalue weighted by molar-refractivity contribution is 6.99. The van der Waals surface area contributed by atoms with Crippen molar-refractivity contribution in [3.05, 3.63) is 53.9 Å². The third-order valence-corrected chi connectivity index (χ3v) is 13.0. The number of hydrogen-bond donors (Lipinski definition) is 0. The lowest BCUT2D eigenvalue weighted by molar-refractivity contribution is 0.577. The van der Waals surface area contributed by atoms with Crippen LogP contribution in [-0.2, 0) is 0 Å². The third kappa shape index (κ3) is 19.9. The second-order valence-electron chi connectivity index (χ2n) is 12.6. The highest BCUT2D eigenvalue weighted by Crippen LogP contribution is 2.22. The number of allylic oxidation sites excluding steroid dienone is 2. The zero-order valence-electron chi connectivity index (χ0n) is 27.6. The molecule has 0 spiro atoms.